The van der Waals surface area contributed by atoms with Crippen LogP contribution in [-0.2, 0) is 0 Å². The number of nitrogens with one attached hydrogen (secondary N) is 1. The molecule has 0 radical (unpaired) electrons. The Hall–Kier alpha value is -1.09. The van der Waals surface area contributed by atoms with E-state index in [1.54, 1.807) is 12.1 Å². The lowest BCUT2D eigenvalue weighted by molar-refractivity contribution is 0.321. The van der Waals surface area contributed by atoms with Crippen molar-refractivity contribution < 1.29 is 9.13 Å². The van der Waals surface area contributed by atoms with E-state index in [2.05, 4.69) is 26.1 Å². The number of hydrogen-bond acceptors (Lipinski definition) is 2. The maximum absolute atomic E-state index is 14.0. The topological polar surface area (TPSA) is 21.3 Å². The van der Waals surface area contributed by atoms with Gasteiger partial charge < -0.3 is 10.1 Å². The Balaban J connectivity index is 2.96. The van der Waals surface area contributed by atoms with Crippen molar-refractivity contribution in [3.63, 3.8) is 0 Å². The summed E-state index contributed by atoms with van der Waals surface area (Å²) in [5, 5.41) is 3.60. The fourth-order valence-corrected chi connectivity index (χ4v) is 2.81. The summed E-state index contributed by atoms with van der Waals surface area (Å²) in [6.45, 7) is 7.56. The molecule has 3 heteroatoms. The monoisotopic (exact) mass is 295 g/mol. The van der Waals surface area contributed by atoms with Crippen molar-refractivity contribution in [3.05, 3.63) is 29.6 Å². The molecule has 0 heterocycles. The van der Waals surface area contributed by atoms with Crippen molar-refractivity contribution in [3.8, 4) is 5.75 Å². The van der Waals surface area contributed by atoms with Crippen molar-refractivity contribution in [1.29, 1.82) is 0 Å². The van der Waals surface area contributed by atoms with Gasteiger partial charge in [-0.05, 0) is 43.0 Å². The number of rotatable bonds is 10. The number of methoxy groups -OCH3 is 1. The molecule has 0 amide bonds. The second-order valence-corrected chi connectivity index (χ2v) is 5.64. The second kappa shape index (κ2) is 9.78. The number of unbranched alkanes of at least 4 members (excludes halogenated alkanes) is 1. The van der Waals surface area contributed by atoms with Crippen LogP contribution in [0.15, 0.2) is 18.2 Å². The van der Waals surface area contributed by atoms with Crippen molar-refractivity contribution in [2.45, 2.75) is 58.9 Å². The van der Waals surface area contributed by atoms with Crippen molar-refractivity contribution in [2.24, 2.45) is 5.92 Å². The lowest BCUT2D eigenvalue weighted by Gasteiger charge is -2.28. The molecule has 0 bridgehead atoms. The zero-order chi connectivity index (χ0) is 15.7. The van der Waals surface area contributed by atoms with Gasteiger partial charge in [0.2, 0.25) is 0 Å². The first kappa shape index (κ1) is 18.0. The fraction of sp³-hybridized carbons (Fsp3) is 0.667. The van der Waals surface area contributed by atoms with Gasteiger partial charge in [0, 0.05) is 6.04 Å². The fourth-order valence-electron chi connectivity index (χ4n) is 2.81. The number of hydrogen-bond donors (Lipinski definition) is 1. The third-order valence-corrected chi connectivity index (χ3v) is 4.07. The van der Waals surface area contributed by atoms with E-state index in [0.717, 1.165) is 24.9 Å². The minimum atomic E-state index is -0.274. The number of benzene rings is 1. The van der Waals surface area contributed by atoms with Crippen LogP contribution in [0.4, 0.5) is 4.39 Å². The summed E-state index contributed by atoms with van der Waals surface area (Å²) in [5.74, 6) is 0.586. The summed E-state index contributed by atoms with van der Waals surface area (Å²) in [6.07, 6.45) is 5.80. The zero-order valence-corrected chi connectivity index (χ0v) is 13.9. The third kappa shape index (κ3) is 5.31. The van der Waals surface area contributed by atoms with E-state index in [1.165, 1.54) is 26.4 Å². The molecule has 2 nitrogen and oxygen atoms in total. The highest BCUT2D eigenvalue weighted by atomic mass is 19.1. The first-order valence-electron chi connectivity index (χ1n) is 8.24. The Bertz CT molecular complexity index is 408. The van der Waals surface area contributed by atoms with Gasteiger partial charge in [-0.3, -0.25) is 0 Å². The smallest absolute Gasteiger partial charge is 0.165 e. The Morgan fingerprint density at radius 2 is 1.95 bits per heavy atom. The first-order chi connectivity index (χ1) is 10.2. The average molecular weight is 295 g/mol. The van der Waals surface area contributed by atoms with Crippen LogP contribution in [0.25, 0.3) is 0 Å². The molecule has 0 saturated heterocycles. The molecule has 120 valence electrons. The molecule has 0 aliphatic carbocycles. The summed E-state index contributed by atoms with van der Waals surface area (Å²) >= 11 is 0. The molecule has 1 N–H and O–H groups in total. The quantitative estimate of drug-likeness (QED) is 0.649. The summed E-state index contributed by atoms with van der Waals surface area (Å²) in [6, 6.07) is 5.57. The highest BCUT2D eigenvalue weighted by Crippen LogP contribution is 2.31. The maximum Gasteiger partial charge on any atom is 0.165 e. The third-order valence-electron chi connectivity index (χ3n) is 4.07. The highest BCUT2D eigenvalue weighted by Gasteiger charge is 2.22. The second-order valence-electron chi connectivity index (χ2n) is 5.64. The predicted molar refractivity (Wildman–Crippen MR) is 87.3 cm³/mol. The molecule has 0 aliphatic rings. The molecular weight excluding hydrogens is 265 g/mol. The SMILES string of the molecule is CCCCC(CC)C(NCCC)c1ccc(OC)c(F)c1. The lowest BCUT2D eigenvalue weighted by atomic mass is 9.86. The van der Waals surface area contributed by atoms with Crippen LogP contribution in [0.1, 0.15) is 64.5 Å². The molecule has 0 saturated carbocycles. The Labute approximate surface area is 129 Å². The first-order valence-corrected chi connectivity index (χ1v) is 8.24. The van der Waals surface area contributed by atoms with E-state index in [1.807, 2.05) is 6.07 Å². The van der Waals surface area contributed by atoms with E-state index in [9.17, 15) is 4.39 Å². The Kier molecular flexibility index (Phi) is 8.36. The summed E-state index contributed by atoms with van der Waals surface area (Å²) in [5.41, 5.74) is 1.03. The normalized spacial score (nSPS) is 14.0. The molecule has 1 rings (SSSR count). The molecule has 2 unspecified atom stereocenters. The lowest BCUT2D eigenvalue weighted by Crippen LogP contribution is -2.29. The molecule has 21 heavy (non-hydrogen) atoms. The van der Waals surface area contributed by atoms with E-state index in [-0.39, 0.29) is 11.9 Å². The van der Waals surface area contributed by atoms with Gasteiger partial charge in [-0.15, -0.1) is 0 Å². The Morgan fingerprint density at radius 3 is 2.48 bits per heavy atom. The molecule has 0 fully saturated rings. The van der Waals surface area contributed by atoms with E-state index >= 15 is 0 Å². The van der Waals surface area contributed by atoms with Gasteiger partial charge in [0.15, 0.2) is 11.6 Å². The summed E-state index contributed by atoms with van der Waals surface area (Å²) in [7, 11) is 1.50. The van der Waals surface area contributed by atoms with Gasteiger partial charge in [-0.1, -0.05) is 46.1 Å². The van der Waals surface area contributed by atoms with Gasteiger partial charge in [0.05, 0.1) is 7.11 Å². The Morgan fingerprint density at radius 1 is 1.19 bits per heavy atom. The van der Waals surface area contributed by atoms with Crippen LogP contribution in [0.2, 0.25) is 0 Å². The average Bonchev–Trinajstić information content (AvgIpc) is 2.50. The minimum absolute atomic E-state index is 0.224. The maximum atomic E-state index is 14.0. The largest absolute Gasteiger partial charge is 0.494 e. The predicted octanol–water partition coefficient (Wildman–Crippen LogP) is 5.09. The molecule has 1 aromatic rings. The van der Waals surface area contributed by atoms with Gasteiger partial charge in [-0.25, -0.2) is 4.39 Å². The molecular formula is C18H30FNO. The molecule has 0 aromatic heterocycles. The van der Waals surface area contributed by atoms with E-state index < -0.39 is 0 Å². The van der Waals surface area contributed by atoms with Crippen LogP contribution in [0, 0.1) is 11.7 Å². The van der Waals surface area contributed by atoms with Crippen LogP contribution >= 0.6 is 0 Å². The summed E-state index contributed by atoms with van der Waals surface area (Å²) in [4.78, 5) is 0. The highest BCUT2D eigenvalue weighted by molar-refractivity contribution is 5.31. The molecule has 0 aliphatic heterocycles. The van der Waals surface area contributed by atoms with E-state index in [0.29, 0.717) is 11.7 Å². The van der Waals surface area contributed by atoms with Crippen molar-refractivity contribution in [1.82, 2.24) is 5.32 Å². The number of ether oxygens (including phenoxy) is 1. The summed E-state index contributed by atoms with van der Waals surface area (Å²) < 4.78 is 19.0. The minimum Gasteiger partial charge on any atom is -0.494 e. The van der Waals surface area contributed by atoms with Crippen molar-refractivity contribution in [2.75, 3.05) is 13.7 Å². The molecule has 2 atom stereocenters. The van der Waals surface area contributed by atoms with Gasteiger partial charge in [0.25, 0.3) is 0 Å². The van der Waals surface area contributed by atoms with E-state index in [4.69, 9.17) is 4.74 Å². The molecule has 1 aromatic carbocycles. The van der Waals surface area contributed by atoms with Gasteiger partial charge >= 0.3 is 0 Å². The standard InChI is InChI=1S/C18H30FNO/c1-5-8-9-14(7-3)18(20-12-6-2)15-10-11-17(21-4)16(19)13-15/h10-11,13-14,18,20H,5-9,12H2,1-4H3. The van der Waals surface area contributed by atoms with Crippen LogP contribution in [0.3, 0.4) is 0 Å². The van der Waals surface area contributed by atoms with Crippen molar-refractivity contribution >= 4 is 0 Å². The van der Waals surface area contributed by atoms with Crippen LogP contribution < -0.4 is 10.1 Å². The van der Waals surface area contributed by atoms with Gasteiger partial charge in [-0.2, -0.15) is 0 Å². The van der Waals surface area contributed by atoms with Crippen LogP contribution in [-0.4, -0.2) is 13.7 Å². The molecule has 0 spiro atoms. The number of halogens is 1. The zero-order valence-electron chi connectivity index (χ0n) is 13.9. The van der Waals surface area contributed by atoms with Gasteiger partial charge in [0.1, 0.15) is 0 Å². The van der Waals surface area contributed by atoms with Crippen LogP contribution in [0.5, 0.6) is 5.75 Å².